The molecule has 0 radical (unpaired) electrons. The molecular formula is C10H13N5O2. The van der Waals surface area contributed by atoms with Gasteiger partial charge in [-0.3, -0.25) is 4.79 Å². The number of hydrogen-bond donors (Lipinski definition) is 3. The Balaban J connectivity index is 2.24. The number of carboxylic acids is 1. The van der Waals surface area contributed by atoms with Crippen LogP contribution in [0.4, 0.5) is 11.6 Å². The van der Waals surface area contributed by atoms with Gasteiger partial charge in [-0.15, -0.1) is 0 Å². The van der Waals surface area contributed by atoms with E-state index in [4.69, 9.17) is 16.1 Å². The molecule has 7 heteroatoms. The molecule has 7 nitrogen and oxygen atoms in total. The summed E-state index contributed by atoms with van der Waals surface area (Å²) < 4.78 is 1.13. The van der Waals surface area contributed by atoms with Crippen LogP contribution in [0.25, 0.3) is 0 Å². The molecule has 1 aromatic rings. The lowest BCUT2D eigenvalue weighted by Crippen LogP contribution is -2.27. The number of rotatable bonds is 4. The molecule has 4 N–H and O–H groups in total. The van der Waals surface area contributed by atoms with E-state index in [0.717, 1.165) is 23.9 Å². The van der Waals surface area contributed by atoms with Crippen LogP contribution in [0.1, 0.15) is 24.8 Å². The topological polar surface area (TPSA) is 117 Å². The molecule has 1 saturated carbocycles. The normalized spacial score (nSPS) is 15.0. The predicted octanol–water partition coefficient (Wildman–Crippen LogP) is 0.386. The summed E-state index contributed by atoms with van der Waals surface area (Å²) in [5.41, 5.74) is 5.89. The zero-order valence-electron chi connectivity index (χ0n) is 9.18. The Morgan fingerprint density at radius 2 is 2.41 bits per heavy atom. The highest BCUT2D eigenvalue weighted by atomic mass is 16.4. The lowest BCUT2D eigenvalue weighted by Gasteiger charge is -2.26. The van der Waals surface area contributed by atoms with E-state index in [-0.39, 0.29) is 17.9 Å². The smallest absolute Gasteiger partial charge is 0.325 e. The standard InChI is InChI=1S/C10H13N5O2/c11-4-7-9(12)15(5-8(16)17)14-10(7)13-6-2-1-3-6/h6H,1-3,5,12H2,(H,13,14)(H,16,17). The second-order valence-corrected chi connectivity index (χ2v) is 4.04. The number of carboxylic acid groups (broad SMARTS) is 1. The minimum Gasteiger partial charge on any atom is -0.480 e. The zero-order chi connectivity index (χ0) is 12.4. The van der Waals surface area contributed by atoms with E-state index in [1.807, 2.05) is 6.07 Å². The zero-order valence-corrected chi connectivity index (χ0v) is 9.18. The first-order valence-electron chi connectivity index (χ1n) is 5.36. The minimum atomic E-state index is -1.04. The van der Waals surface area contributed by atoms with Crippen molar-refractivity contribution < 1.29 is 9.90 Å². The van der Waals surface area contributed by atoms with Crippen LogP contribution in [0, 0.1) is 11.3 Å². The molecule has 1 heterocycles. The molecule has 1 fully saturated rings. The summed E-state index contributed by atoms with van der Waals surface area (Å²) in [6.45, 7) is -0.340. The lowest BCUT2D eigenvalue weighted by molar-refractivity contribution is -0.137. The van der Waals surface area contributed by atoms with Gasteiger partial charge in [-0.1, -0.05) is 0 Å². The van der Waals surface area contributed by atoms with Crippen molar-refractivity contribution in [2.45, 2.75) is 31.8 Å². The molecule has 1 aromatic heterocycles. The number of anilines is 2. The summed E-state index contributed by atoms with van der Waals surface area (Å²) in [6.07, 6.45) is 3.23. The molecule has 0 atom stereocenters. The van der Waals surface area contributed by atoms with Gasteiger partial charge in [-0.25, -0.2) is 4.68 Å². The van der Waals surface area contributed by atoms with E-state index in [2.05, 4.69) is 10.4 Å². The molecule has 1 aliphatic rings. The van der Waals surface area contributed by atoms with Gasteiger partial charge in [0.25, 0.3) is 0 Å². The van der Waals surface area contributed by atoms with E-state index in [9.17, 15) is 4.79 Å². The molecule has 0 spiro atoms. The van der Waals surface area contributed by atoms with Gasteiger partial charge in [0.2, 0.25) is 0 Å². The second-order valence-electron chi connectivity index (χ2n) is 4.04. The number of carbonyl (C=O) groups is 1. The molecule has 0 saturated heterocycles. The largest absolute Gasteiger partial charge is 0.480 e. The Morgan fingerprint density at radius 1 is 1.71 bits per heavy atom. The highest BCUT2D eigenvalue weighted by Gasteiger charge is 2.22. The van der Waals surface area contributed by atoms with Crippen LogP contribution in [-0.2, 0) is 11.3 Å². The van der Waals surface area contributed by atoms with Crippen molar-refractivity contribution in [2.75, 3.05) is 11.1 Å². The Kier molecular flexibility index (Phi) is 2.87. The van der Waals surface area contributed by atoms with E-state index in [0.29, 0.717) is 11.9 Å². The number of nitrogens with one attached hydrogen (secondary N) is 1. The van der Waals surface area contributed by atoms with E-state index < -0.39 is 5.97 Å². The molecule has 0 unspecified atom stereocenters. The van der Waals surface area contributed by atoms with Crippen molar-refractivity contribution in [3.8, 4) is 6.07 Å². The third-order valence-electron chi connectivity index (χ3n) is 2.83. The molecule has 1 aliphatic carbocycles. The van der Waals surface area contributed by atoms with Gasteiger partial charge >= 0.3 is 5.97 Å². The summed E-state index contributed by atoms with van der Waals surface area (Å²) in [5.74, 6) is -0.563. The van der Waals surface area contributed by atoms with E-state index in [1.54, 1.807) is 0 Å². The SMILES string of the molecule is N#Cc1c(NC2CCC2)nn(CC(=O)O)c1N. The van der Waals surface area contributed by atoms with Crippen LogP contribution < -0.4 is 11.1 Å². The molecule has 0 aromatic carbocycles. The summed E-state index contributed by atoms with van der Waals surface area (Å²) in [7, 11) is 0. The molecule has 17 heavy (non-hydrogen) atoms. The molecule has 2 rings (SSSR count). The first-order chi connectivity index (χ1) is 8.11. The number of nitrogen functional groups attached to an aromatic ring is 1. The lowest BCUT2D eigenvalue weighted by atomic mass is 9.93. The highest BCUT2D eigenvalue weighted by molar-refractivity contribution is 5.70. The van der Waals surface area contributed by atoms with Crippen LogP contribution in [0.3, 0.4) is 0 Å². The average molecular weight is 235 g/mol. The summed E-state index contributed by atoms with van der Waals surface area (Å²) in [5, 5.41) is 24.8. The van der Waals surface area contributed by atoms with Crippen molar-refractivity contribution in [3.63, 3.8) is 0 Å². The maximum Gasteiger partial charge on any atom is 0.325 e. The predicted molar refractivity (Wildman–Crippen MR) is 60.3 cm³/mol. The Hall–Kier alpha value is -2.23. The maximum atomic E-state index is 10.6. The van der Waals surface area contributed by atoms with Gasteiger partial charge in [0.15, 0.2) is 5.82 Å². The number of aliphatic carboxylic acids is 1. The number of nitrogens with two attached hydrogens (primary N) is 1. The number of nitriles is 1. The number of hydrogen-bond acceptors (Lipinski definition) is 5. The van der Waals surface area contributed by atoms with Gasteiger partial charge < -0.3 is 16.2 Å². The van der Waals surface area contributed by atoms with Crippen LogP contribution in [-0.4, -0.2) is 26.9 Å². The molecular weight excluding hydrogens is 222 g/mol. The van der Waals surface area contributed by atoms with Crippen molar-refractivity contribution >= 4 is 17.6 Å². The quantitative estimate of drug-likeness (QED) is 0.694. The van der Waals surface area contributed by atoms with Gasteiger partial charge in [-0.2, -0.15) is 10.4 Å². The Labute approximate surface area is 97.8 Å². The average Bonchev–Trinajstić information content (AvgIpc) is 2.48. The minimum absolute atomic E-state index is 0.0942. The van der Waals surface area contributed by atoms with Gasteiger partial charge in [-0.05, 0) is 19.3 Å². The fourth-order valence-corrected chi connectivity index (χ4v) is 1.68. The summed E-state index contributed by atoms with van der Waals surface area (Å²) >= 11 is 0. The van der Waals surface area contributed by atoms with Crippen LogP contribution in [0.15, 0.2) is 0 Å². The van der Waals surface area contributed by atoms with E-state index >= 15 is 0 Å². The molecule has 0 aliphatic heterocycles. The van der Waals surface area contributed by atoms with Crippen molar-refractivity contribution in [2.24, 2.45) is 0 Å². The maximum absolute atomic E-state index is 10.6. The van der Waals surface area contributed by atoms with Crippen molar-refractivity contribution in [1.82, 2.24) is 9.78 Å². The van der Waals surface area contributed by atoms with Crippen LogP contribution in [0.5, 0.6) is 0 Å². The third kappa shape index (κ3) is 2.15. The first-order valence-corrected chi connectivity index (χ1v) is 5.36. The van der Waals surface area contributed by atoms with Crippen LogP contribution in [0.2, 0.25) is 0 Å². The second kappa shape index (κ2) is 4.33. The molecule has 90 valence electrons. The summed E-state index contributed by atoms with van der Waals surface area (Å²) in [6, 6.07) is 2.26. The fourth-order valence-electron chi connectivity index (χ4n) is 1.68. The summed E-state index contributed by atoms with van der Waals surface area (Å²) in [4.78, 5) is 10.6. The number of aromatic nitrogens is 2. The Bertz CT molecular complexity index is 484. The molecule has 0 bridgehead atoms. The van der Waals surface area contributed by atoms with Gasteiger partial charge in [0.05, 0.1) is 0 Å². The van der Waals surface area contributed by atoms with Crippen molar-refractivity contribution in [1.29, 1.82) is 5.26 Å². The first kappa shape index (κ1) is 11.3. The monoisotopic (exact) mass is 235 g/mol. The number of nitrogens with zero attached hydrogens (tertiary/aromatic N) is 3. The fraction of sp³-hybridized carbons (Fsp3) is 0.500. The van der Waals surface area contributed by atoms with Gasteiger partial charge in [0.1, 0.15) is 24.0 Å². The molecule has 0 amide bonds. The van der Waals surface area contributed by atoms with E-state index in [1.165, 1.54) is 0 Å². The van der Waals surface area contributed by atoms with Crippen LogP contribution >= 0.6 is 0 Å². The Morgan fingerprint density at radius 3 is 2.88 bits per heavy atom. The van der Waals surface area contributed by atoms with Gasteiger partial charge in [0, 0.05) is 6.04 Å². The highest BCUT2D eigenvalue weighted by Crippen LogP contribution is 2.26. The third-order valence-corrected chi connectivity index (χ3v) is 2.83. The van der Waals surface area contributed by atoms with Crippen molar-refractivity contribution in [3.05, 3.63) is 5.56 Å².